The number of aromatic nitrogens is 2. The molecule has 38 heavy (non-hydrogen) atoms. The van der Waals surface area contributed by atoms with Gasteiger partial charge in [0.1, 0.15) is 0 Å². The maximum Gasteiger partial charge on any atom is 0.447 e. The molecule has 0 atom stereocenters. The summed E-state index contributed by atoms with van der Waals surface area (Å²) in [6.45, 7) is 8.80. The van der Waals surface area contributed by atoms with Crippen molar-refractivity contribution in [3.05, 3.63) is 130 Å². The maximum atomic E-state index is 9.78. The molecule has 0 N–H and O–H groups in total. The number of benzene rings is 2. The SMILES string of the molecule is Cc1cc(Cc2ccccc2)cc(C)[n+]1-[n+]1c(C)cc(Cc2ccccc2)cc1C.[O-]B(F)F.[O-]B(F)F. The summed E-state index contributed by atoms with van der Waals surface area (Å²) in [5.41, 5.74) is 10.4. The van der Waals surface area contributed by atoms with Crippen LogP contribution in [-0.2, 0) is 12.8 Å². The van der Waals surface area contributed by atoms with Gasteiger partial charge in [-0.1, -0.05) is 60.7 Å². The van der Waals surface area contributed by atoms with Crippen molar-refractivity contribution in [3.63, 3.8) is 0 Å². The van der Waals surface area contributed by atoms with Gasteiger partial charge >= 0.3 is 14.9 Å². The molecule has 2 heterocycles. The van der Waals surface area contributed by atoms with E-state index in [1.54, 1.807) is 0 Å². The number of hydrogen-bond acceptors (Lipinski definition) is 2. The number of pyridine rings is 2. The van der Waals surface area contributed by atoms with E-state index >= 15 is 0 Å². The highest BCUT2D eigenvalue weighted by molar-refractivity contribution is 6.30. The molecule has 0 aliphatic rings. The molecule has 10 heteroatoms. The largest absolute Gasteiger partial charge is 0.824 e. The van der Waals surface area contributed by atoms with Gasteiger partial charge in [-0.15, -0.1) is 0 Å². The summed E-state index contributed by atoms with van der Waals surface area (Å²) < 4.78 is 43.8. The molecular formula is C28H30B2F4N2O2. The Bertz CT molecular complexity index is 1140. The predicted molar refractivity (Wildman–Crippen MR) is 137 cm³/mol. The minimum atomic E-state index is -3.42. The van der Waals surface area contributed by atoms with Gasteiger partial charge in [0.2, 0.25) is 0 Å². The van der Waals surface area contributed by atoms with Gasteiger partial charge in [-0.25, -0.2) is 0 Å². The molecule has 0 spiro atoms. The number of hydrogen-bond donors (Lipinski definition) is 0. The highest BCUT2D eigenvalue weighted by atomic mass is 19.2. The molecular weight excluding hydrogens is 494 g/mol. The van der Waals surface area contributed by atoms with E-state index < -0.39 is 14.9 Å². The Morgan fingerprint density at radius 1 is 0.500 bits per heavy atom. The third-order valence-electron chi connectivity index (χ3n) is 5.62. The van der Waals surface area contributed by atoms with Gasteiger partial charge in [0.15, 0.2) is 0 Å². The lowest BCUT2D eigenvalue weighted by Gasteiger charge is -2.07. The molecule has 4 aromatic rings. The quantitative estimate of drug-likeness (QED) is 0.228. The Balaban J connectivity index is 0.000000559. The highest BCUT2D eigenvalue weighted by Gasteiger charge is 2.28. The van der Waals surface area contributed by atoms with Crippen LogP contribution in [0, 0.1) is 27.7 Å². The Morgan fingerprint density at radius 2 is 0.737 bits per heavy atom. The van der Waals surface area contributed by atoms with Crippen molar-refractivity contribution >= 4 is 14.9 Å². The molecule has 0 saturated heterocycles. The average molecular weight is 524 g/mol. The average Bonchev–Trinajstić information content (AvgIpc) is 2.81. The first-order valence-corrected chi connectivity index (χ1v) is 12.0. The number of nitrogens with zero attached hydrogens (tertiary/aromatic N) is 2. The molecule has 2 aromatic carbocycles. The van der Waals surface area contributed by atoms with Crippen LogP contribution in [0.3, 0.4) is 0 Å². The molecule has 2 aromatic heterocycles. The van der Waals surface area contributed by atoms with Gasteiger partial charge < -0.3 is 27.3 Å². The molecule has 0 bridgehead atoms. The third kappa shape index (κ3) is 10.1. The normalized spacial score (nSPS) is 10.1. The number of halogens is 4. The van der Waals surface area contributed by atoms with Gasteiger partial charge in [-0.05, 0) is 35.1 Å². The summed E-state index contributed by atoms with van der Waals surface area (Å²) in [6, 6.07) is 30.6. The fourth-order valence-corrected chi connectivity index (χ4v) is 4.46. The summed E-state index contributed by atoms with van der Waals surface area (Å²) in [7, 11) is -6.83. The zero-order valence-electron chi connectivity index (χ0n) is 21.9. The molecule has 0 amide bonds. The zero-order chi connectivity index (χ0) is 28.2. The first-order chi connectivity index (χ1) is 18.0. The standard InChI is InChI=1S/C28H30N2.2BF2O/c1-21-15-27(19-25-11-7-5-8-12-25)16-22(2)29(21)30-23(3)17-28(18-24(30)4)20-26-13-9-6-10-14-26;2*2-1(3)4/h5-18H,19-20H2,1-4H3;;/q+2;2*-1. The highest BCUT2D eigenvalue weighted by Crippen LogP contribution is 2.13. The van der Waals surface area contributed by atoms with Crippen molar-refractivity contribution in [1.29, 1.82) is 0 Å². The molecule has 0 aliphatic carbocycles. The van der Waals surface area contributed by atoms with E-state index in [2.05, 4.69) is 122 Å². The molecule has 0 unspecified atom stereocenters. The summed E-state index contributed by atoms with van der Waals surface area (Å²) in [5.74, 6) is 0. The Labute approximate surface area is 222 Å². The topological polar surface area (TPSA) is 53.9 Å². The summed E-state index contributed by atoms with van der Waals surface area (Å²) >= 11 is 0. The van der Waals surface area contributed by atoms with Crippen LogP contribution in [0.4, 0.5) is 17.3 Å². The second-order valence-electron chi connectivity index (χ2n) is 8.76. The van der Waals surface area contributed by atoms with Crippen molar-refractivity contribution < 1.29 is 36.7 Å². The summed E-state index contributed by atoms with van der Waals surface area (Å²) in [6.07, 6.45) is 1.92. The van der Waals surface area contributed by atoms with E-state index in [9.17, 15) is 17.3 Å². The summed E-state index contributed by atoms with van der Waals surface area (Å²) in [5, 5.41) is 16.4. The van der Waals surface area contributed by atoms with Crippen LogP contribution in [0.2, 0.25) is 0 Å². The predicted octanol–water partition coefficient (Wildman–Crippen LogP) is 3.53. The fraction of sp³-hybridized carbons (Fsp3) is 0.214. The first kappa shape index (κ1) is 30.7. The zero-order valence-corrected chi connectivity index (χ0v) is 21.9. The second-order valence-corrected chi connectivity index (χ2v) is 8.76. The van der Waals surface area contributed by atoms with Crippen LogP contribution in [0.5, 0.6) is 0 Å². The van der Waals surface area contributed by atoms with E-state index in [1.807, 2.05) is 0 Å². The monoisotopic (exact) mass is 524 g/mol. The minimum absolute atomic E-state index is 0.960. The van der Waals surface area contributed by atoms with E-state index in [1.165, 1.54) is 45.0 Å². The molecule has 0 saturated carbocycles. The van der Waals surface area contributed by atoms with Crippen molar-refractivity contribution in [1.82, 2.24) is 0 Å². The van der Waals surface area contributed by atoms with Crippen molar-refractivity contribution in [3.8, 4) is 0 Å². The Kier molecular flexibility index (Phi) is 12.2. The minimum Gasteiger partial charge on any atom is -0.824 e. The molecule has 198 valence electrons. The maximum absolute atomic E-state index is 9.78. The van der Waals surface area contributed by atoms with Gasteiger partial charge in [0.05, 0.1) is 9.35 Å². The molecule has 4 nitrogen and oxygen atoms in total. The van der Waals surface area contributed by atoms with Crippen LogP contribution < -0.4 is 19.4 Å². The van der Waals surface area contributed by atoms with Crippen LogP contribution in [0.15, 0.2) is 84.9 Å². The van der Waals surface area contributed by atoms with E-state index in [-0.39, 0.29) is 0 Å². The van der Waals surface area contributed by atoms with Gasteiger partial charge in [0.25, 0.3) is 22.8 Å². The summed E-state index contributed by atoms with van der Waals surface area (Å²) in [4.78, 5) is 0. The Morgan fingerprint density at radius 3 is 0.974 bits per heavy atom. The molecule has 0 radical (unpaired) electrons. The third-order valence-corrected chi connectivity index (χ3v) is 5.62. The van der Waals surface area contributed by atoms with Gasteiger partial charge in [0, 0.05) is 52.0 Å². The van der Waals surface area contributed by atoms with Gasteiger partial charge in [-0.2, -0.15) is 0 Å². The van der Waals surface area contributed by atoms with Crippen molar-refractivity contribution in [2.24, 2.45) is 0 Å². The fourth-order valence-electron chi connectivity index (χ4n) is 4.46. The van der Waals surface area contributed by atoms with Crippen LogP contribution >= 0.6 is 0 Å². The lowest BCUT2D eigenvalue weighted by Crippen LogP contribution is -2.72. The smallest absolute Gasteiger partial charge is 0.447 e. The van der Waals surface area contributed by atoms with Crippen molar-refractivity contribution in [2.45, 2.75) is 40.5 Å². The Hall–Kier alpha value is -3.49. The lowest BCUT2D eigenvalue weighted by molar-refractivity contribution is -1.30. The lowest BCUT2D eigenvalue weighted by atomic mass is 10.0. The molecule has 0 aliphatic heterocycles. The van der Waals surface area contributed by atoms with E-state index in [4.69, 9.17) is 10.0 Å². The van der Waals surface area contributed by atoms with Crippen molar-refractivity contribution in [2.75, 3.05) is 0 Å². The molecule has 4 rings (SSSR count). The number of rotatable bonds is 5. The first-order valence-electron chi connectivity index (χ1n) is 12.0. The van der Waals surface area contributed by atoms with Crippen LogP contribution in [0.25, 0.3) is 0 Å². The second kappa shape index (κ2) is 15.1. The van der Waals surface area contributed by atoms with Crippen LogP contribution in [-0.4, -0.2) is 14.9 Å². The van der Waals surface area contributed by atoms with Gasteiger partial charge in [-0.3, -0.25) is 0 Å². The number of aryl methyl sites for hydroxylation is 4. The molecule has 0 fully saturated rings. The van der Waals surface area contributed by atoms with Crippen LogP contribution in [0.1, 0.15) is 45.0 Å². The van der Waals surface area contributed by atoms with E-state index in [0.717, 1.165) is 12.8 Å². The van der Waals surface area contributed by atoms with E-state index in [0.29, 0.717) is 0 Å².